The van der Waals surface area contributed by atoms with Crippen LogP contribution in [-0.4, -0.2) is 80.7 Å². The molecule has 2 heterocycles. The highest BCUT2D eigenvalue weighted by Gasteiger charge is 2.77. The quantitative estimate of drug-likeness (QED) is 0.195. The molecule has 2 aliphatic heterocycles. The molecule has 0 N–H and O–H groups in total. The van der Waals surface area contributed by atoms with Crippen LogP contribution in [0.25, 0.3) is 0 Å². The molecule has 2 saturated carbocycles. The number of fused-ring (bicyclic) bond motifs is 5. The summed E-state index contributed by atoms with van der Waals surface area (Å²) in [5.74, 6) is -4.40. The van der Waals surface area contributed by atoms with E-state index in [-0.39, 0.29) is 29.7 Å². The fourth-order valence-corrected chi connectivity index (χ4v) is 11.7. The minimum Gasteiger partial charge on any atom is -0.454 e. The second-order valence-electron chi connectivity index (χ2n) is 14.4. The zero-order valence-corrected chi connectivity index (χ0v) is 30.4. The normalized spacial score (nSPS) is 33.9. The molecule has 0 unspecified atom stereocenters. The summed E-state index contributed by atoms with van der Waals surface area (Å²) in [6.45, 7) is 15.5. The molecular formula is C36H48O11Si. The molecule has 0 aromatic heterocycles. The van der Waals surface area contributed by atoms with Crippen LogP contribution in [0.5, 0.6) is 0 Å². The van der Waals surface area contributed by atoms with Gasteiger partial charge in [-0.1, -0.05) is 52.8 Å². The van der Waals surface area contributed by atoms with Crippen molar-refractivity contribution in [2.45, 2.75) is 123 Å². The Morgan fingerprint density at radius 2 is 1.56 bits per heavy atom. The van der Waals surface area contributed by atoms with Crippen molar-refractivity contribution in [2.75, 3.05) is 6.61 Å². The lowest BCUT2D eigenvalue weighted by molar-refractivity contribution is -0.336. The Morgan fingerprint density at radius 3 is 2.08 bits per heavy atom. The average molecular weight is 685 g/mol. The van der Waals surface area contributed by atoms with Crippen molar-refractivity contribution in [1.82, 2.24) is 0 Å². The summed E-state index contributed by atoms with van der Waals surface area (Å²) in [7, 11) is -2.44. The zero-order valence-electron chi connectivity index (χ0n) is 29.4. The molecule has 48 heavy (non-hydrogen) atoms. The maximum absolute atomic E-state index is 15.5. The summed E-state index contributed by atoms with van der Waals surface area (Å²) < 4.78 is 38.0. The first-order valence-electron chi connectivity index (χ1n) is 16.9. The van der Waals surface area contributed by atoms with Crippen LogP contribution < -0.4 is 0 Å². The summed E-state index contributed by atoms with van der Waals surface area (Å²) in [6.07, 6.45) is -5.28. The van der Waals surface area contributed by atoms with E-state index in [1.807, 2.05) is 0 Å². The molecule has 0 radical (unpaired) electrons. The van der Waals surface area contributed by atoms with Gasteiger partial charge in [0.25, 0.3) is 0 Å². The first-order valence-corrected chi connectivity index (χ1v) is 19.4. The summed E-state index contributed by atoms with van der Waals surface area (Å²) in [5, 5.41) is 0. The van der Waals surface area contributed by atoms with E-state index in [1.54, 1.807) is 58.0 Å². The molecule has 1 aromatic rings. The van der Waals surface area contributed by atoms with E-state index in [9.17, 15) is 19.2 Å². The predicted molar refractivity (Wildman–Crippen MR) is 175 cm³/mol. The number of ketones is 1. The number of hydrogen-bond donors (Lipinski definition) is 0. The van der Waals surface area contributed by atoms with Gasteiger partial charge in [0.15, 0.2) is 25.8 Å². The minimum atomic E-state index is -2.44. The highest BCUT2D eigenvalue weighted by molar-refractivity contribution is 6.73. The molecule has 1 saturated heterocycles. The number of hydrogen-bond acceptors (Lipinski definition) is 11. The first kappa shape index (κ1) is 35.9. The van der Waals surface area contributed by atoms with E-state index in [2.05, 4.69) is 20.8 Å². The number of Topliss-reactive ketones (excluding diaryl/α,β-unsaturated/α-hetero) is 1. The number of carbonyl (C=O) groups is 5. The maximum atomic E-state index is 15.5. The molecule has 262 valence electrons. The van der Waals surface area contributed by atoms with Gasteiger partial charge in [-0.05, 0) is 49.7 Å². The molecule has 0 amide bonds. The van der Waals surface area contributed by atoms with E-state index in [0.717, 1.165) is 18.1 Å². The monoisotopic (exact) mass is 684 g/mol. The van der Waals surface area contributed by atoms with E-state index >= 15 is 4.79 Å². The van der Waals surface area contributed by atoms with Crippen molar-refractivity contribution in [1.29, 1.82) is 0 Å². The van der Waals surface area contributed by atoms with Crippen LogP contribution in [-0.2, 0) is 47.3 Å². The third kappa shape index (κ3) is 5.53. The van der Waals surface area contributed by atoms with Gasteiger partial charge in [0, 0.05) is 31.3 Å². The highest BCUT2D eigenvalue weighted by Crippen LogP contribution is 2.62. The molecular weight excluding hydrogens is 636 g/mol. The molecule has 12 heteroatoms. The maximum Gasteiger partial charge on any atom is 0.338 e. The molecule has 2 bridgehead atoms. The van der Waals surface area contributed by atoms with Crippen molar-refractivity contribution in [3.05, 3.63) is 47.0 Å². The van der Waals surface area contributed by atoms with Gasteiger partial charge in [-0.3, -0.25) is 14.4 Å². The minimum absolute atomic E-state index is 0.0875. The van der Waals surface area contributed by atoms with Gasteiger partial charge in [0.1, 0.15) is 18.3 Å². The van der Waals surface area contributed by atoms with Crippen LogP contribution in [0, 0.1) is 16.7 Å². The van der Waals surface area contributed by atoms with Gasteiger partial charge < -0.3 is 28.1 Å². The number of carbonyl (C=O) groups excluding carboxylic acids is 5. The first-order chi connectivity index (χ1) is 22.5. The van der Waals surface area contributed by atoms with Gasteiger partial charge in [0.2, 0.25) is 0 Å². The zero-order chi connectivity index (χ0) is 35.4. The Morgan fingerprint density at radius 1 is 0.938 bits per heavy atom. The fourth-order valence-electron chi connectivity index (χ4n) is 8.77. The third-order valence-electron chi connectivity index (χ3n) is 11.5. The van der Waals surface area contributed by atoms with Gasteiger partial charge in [-0.25, -0.2) is 9.59 Å². The summed E-state index contributed by atoms with van der Waals surface area (Å²) in [6, 6.07) is 10.7. The van der Waals surface area contributed by atoms with E-state index in [0.29, 0.717) is 0 Å². The second kappa shape index (κ2) is 12.8. The molecule has 8 atom stereocenters. The Bertz CT molecular complexity index is 1510. The van der Waals surface area contributed by atoms with E-state index in [1.165, 1.54) is 13.8 Å². The third-order valence-corrected chi connectivity index (χ3v) is 16.2. The van der Waals surface area contributed by atoms with Gasteiger partial charge in [-0.2, -0.15) is 0 Å². The molecule has 2 aliphatic carbocycles. The lowest BCUT2D eigenvalue weighted by Gasteiger charge is -2.66. The van der Waals surface area contributed by atoms with Crippen molar-refractivity contribution in [3.63, 3.8) is 0 Å². The van der Waals surface area contributed by atoms with Crippen LogP contribution in [0.15, 0.2) is 41.5 Å². The van der Waals surface area contributed by atoms with Gasteiger partial charge in [-0.15, -0.1) is 0 Å². The Hall–Kier alpha value is -3.35. The lowest BCUT2D eigenvalue weighted by atomic mass is 9.48. The van der Waals surface area contributed by atoms with Crippen molar-refractivity contribution < 1.29 is 52.1 Å². The number of esters is 4. The average Bonchev–Trinajstić information content (AvgIpc) is 3.03. The van der Waals surface area contributed by atoms with Crippen molar-refractivity contribution >= 4 is 38.0 Å². The summed E-state index contributed by atoms with van der Waals surface area (Å²) in [4.78, 5) is 68.8. The SMILES string of the molecule is CC[Si](CC)(CC)O[C@H]1C[C@H]2OC[C@@]2(OC(C)=O)[C@H]2[C@H](OC(=O)c3ccccc3)[C@@H]3OC(=O)C(C)=C([C@@H](OC(C)=O)C(=O)[C@]12C)C3(C)C. The van der Waals surface area contributed by atoms with Crippen LogP contribution in [0.2, 0.25) is 18.1 Å². The smallest absolute Gasteiger partial charge is 0.338 e. The molecule has 3 fully saturated rings. The Kier molecular flexibility index (Phi) is 9.61. The van der Waals surface area contributed by atoms with Gasteiger partial charge >= 0.3 is 23.9 Å². The molecule has 0 spiro atoms. The standard InChI is InChI=1S/C36H48O11Si/c1-10-48(11-2,12-3)47-24-18-25-36(19-42-25,46-22(6)38)29-28(44-33(41)23-16-14-13-15-17-23)31-34(7,8)26(20(4)32(40)45-31)27(43-21(5)37)30(39)35(24,29)9/h13-17,24-25,27-29,31H,10-12,18-19H2,1-9H3/t24-,25+,27+,28-,29-,31-,35+,36-/m0/s1. The molecule has 1 aromatic carbocycles. The van der Waals surface area contributed by atoms with E-state index in [4.69, 9.17) is 28.1 Å². The topological polar surface area (TPSA) is 141 Å². The van der Waals surface area contributed by atoms with Crippen LogP contribution in [0.4, 0.5) is 0 Å². The van der Waals surface area contributed by atoms with Crippen LogP contribution >= 0.6 is 0 Å². The van der Waals surface area contributed by atoms with Gasteiger partial charge in [0.05, 0.1) is 29.6 Å². The highest BCUT2D eigenvalue weighted by atomic mass is 28.4. The second-order valence-corrected chi connectivity index (χ2v) is 19.1. The Balaban J connectivity index is 1.85. The largest absolute Gasteiger partial charge is 0.454 e. The van der Waals surface area contributed by atoms with Crippen molar-refractivity contribution in [2.24, 2.45) is 16.7 Å². The number of ether oxygens (including phenoxy) is 5. The fraction of sp³-hybridized carbons (Fsp3) is 0.639. The summed E-state index contributed by atoms with van der Waals surface area (Å²) >= 11 is 0. The molecule has 5 rings (SSSR count). The summed E-state index contributed by atoms with van der Waals surface area (Å²) in [5.41, 5.74) is -3.56. The number of benzene rings is 1. The lowest BCUT2D eigenvalue weighted by Crippen LogP contribution is -2.80. The van der Waals surface area contributed by atoms with Crippen LogP contribution in [0.3, 0.4) is 0 Å². The molecule has 4 aliphatic rings. The number of rotatable bonds is 9. The van der Waals surface area contributed by atoms with Crippen molar-refractivity contribution in [3.8, 4) is 0 Å². The predicted octanol–water partition coefficient (Wildman–Crippen LogP) is 5.11. The Labute approximate surface area is 283 Å². The molecule has 11 nitrogen and oxygen atoms in total. The van der Waals surface area contributed by atoms with E-state index < -0.39 is 90.8 Å². The van der Waals surface area contributed by atoms with Crippen LogP contribution in [0.1, 0.15) is 79.1 Å².